The molecule has 0 unspecified atom stereocenters. The van der Waals surface area contributed by atoms with Crippen LogP contribution >= 0.6 is 7.92 Å². The molecule has 0 aromatic carbocycles. The molecule has 0 radical (unpaired) electrons. The Kier molecular flexibility index (Phi) is 5.08. The van der Waals surface area contributed by atoms with Crippen LogP contribution in [0.3, 0.4) is 0 Å². The van der Waals surface area contributed by atoms with Crippen LogP contribution in [0.5, 0.6) is 0 Å². The molecule has 3 aromatic rings. The fourth-order valence-corrected chi connectivity index (χ4v) is 7.44. The van der Waals surface area contributed by atoms with Crippen LogP contribution in [0.15, 0.2) is 0 Å². The SMILES string of the molecule is Cc1c(C)[n+](C)c(P(c2n(C)c(C)c(C)[n+]2C)c2n(C)c(C)c(C)[n+]2C)n1C. The van der Waals surface area contributed by atoms with Crippen molar-refractivity contribution in [1.29, 1.82) is 0 Å². The summed E-state index contributed by atoms with van der Waals surface area (Å²) in [7, 11) is 12.5. The minimum absolute atomic E-state index is 0.779. The summed E-state index contributed by atoms with van der Waals surface area (Å²) >= 11 is 0. The Labute approximate surface area is 170 Å². The summed E-state index contributed by atoms with van der Waals surface area (Å²) < 4.78 is 14.3. The van der Waals surface area contributed by atoms with Crippen LogP contribution in [0.2, 0.25) is 0 Å². The van der Waals surface area contributed by atoms with Crippen LogP contribution in [-0.4, -0.2) is 13.7 Å². The second-order valence-electron chi connectivity index (χ2n) is 8.10. The van der Waals surface area contributed by atoms with Gasteiger partial charge in [0.15, 0.2) is 0 Å². The van der Waals surface area contributed by atoms with Gasteiger partial charge in [-0.15, -0.1) is 0 Å². The molecule has 0 N–H and O–H groups in total. The molecule has 3 heterocycles. The fourth-order valence-electron chi connectivity index (χ4n) is 4.20. The highest BCUT2D eigenvalue weighted by molar-refractivity contribution is 7.78. The smallest absolute Gasteiger partial charge is 0.229 e. The lowest BCUT2D eigenvalue weighted by molar-refractivity contribution is -0.666. The zero-order chi connectivity index (χ0) is 21.2. The summed E-state index contributed by atoms with van der Waals surface area (Å²) in [5, 5.41) is 0. The Morgan fingerprint density at radius 3 is 0.857 bits per heavy atom. The summed E-state index contributed by atoms with van der Waals surface area (Å²) in [6.07, 6.45) is 0. The molecule has 0 aliphatic rings. The third-order valence-corrected chi connectivity index (χ3v) is 9.99. The van der Waals surface area contributed by atoms with Gasteiger partial charge in [-0.25, -0.2) is 27.4 Å². The van der Waals surface area contributed by atoms with E-state index in [1.165, 1.54) is 50.9 Å². The monoisotopic (exact) mass is 403 g/mol. The highest BCUT2D eigenvalue weighted by Gasteiger charge is 2.48. The molecule has 6 nitrogen and oxygen atoms in total. The zero-order valence-electron chi connectivity index (χ0n) is 19.6. The molecule has 0 amide bonds. The minimum Gasteiger partial charge on any atom is -0.229 e. The first-order valence-electron chi connectivity index (χ1n) is 9.79. The van der Waals surface area contributed by atoms with Crippen molar-refractivity contribution in [3.8, 4) is 0 Å². The Morgan fingerprint density at radius 2 is 0.714 bits per heavy atom. The first-order valence-corrected chi connectivity index (χ1v) is 11.1. The van der Waals surface area contributed by atoms with E-state index in [0.717, 1.165) is 0 Å². The van der Waals surface area contributed by atoms with Crippen molar-refractivity contribution in [3.05, 3.63) is 34.2 Å². The molecule has 0 spiro atoms. The van der Waals surface area contributed by atoms with Gasteiger partial charge < -0.3 is 0 Å². The van der Waals surface area contributed by atoms with Crippen LogP contribution in [-0.2, 0) is 42.3 Å². The summed E-state index contributed by atoms with van der Waals surface area (Å²) in [4.78, 5) is 0. The van der Waals surface area contributed by atoms with Gasteiger partial charge in [0.25, 0.3) is 7.92 Å². The number of hydrogen-bond donors (Lipinski definition) is 0. The van der Waals surface area contributed by atoms with E-state index in [1.54, 1.807) is 0 Å². The number of rotatable bonds is 3. The maximum Gasteiger partial charge on any atom is 0.301 e. The Morgan fingerprint density at radius 1 is 0.500 bits per heavy atom. The summed E-state index contributed by atoms with van der Waals surface area (Å²) in [6.45, 7) is 13.3. The van der Waals surface area contributed by atoms with Gasteiger partial charge in [0.1, 0.15) is 34.2 Å². The van der Waals surface area contributed by atoms with Crippen molar-refractivity contribution >= 4 is 24.6 Å². The molecule has 0 saturated heterocycles. The van der Waals surface area contributed by atoms with Crippen molar-refractivity contribution < 1.29 is 13.7 Å². The number of aromatic nitrogens is 6. The van der Waals surface area contributed by atoms with Crippen LogP contribution in [0, 0.1) is 41.5 Å². The van der Waals surface area contributed by atoms with E-state index in [0.29, 0.717) is 0 Å². The van der Waals surface area contributed by atoms with Gasteiger partial charge >= 0.3 is 16.7 Å². The van der Waals surface area contributed by atoms with Crippen molar-refractivity contribution in [2.24, 2.45) is 42.3 Å². The molecular formula is C21H36N6P+3. The average molecular weight is 404 g/mol. The van der Waals surface area contributed by atoms with Gasteiger partial charge in [-0.1, -0.05) is 0 Å². The molecule has 7 heteroatoms. The largest absolute Gasteiger partial charge is 0.301 e. The van der Waals surface area contributed by atoms with Crippen molar-refractivity contribution in [1.82, 2.24) is 13.7 Å². The lowest BCUT2D eigenvalue weighted by Crippen LogP contribution is -2.60. The summed E-state index contributed by atoms with van der Waals surface area (Å²) in [5.74, 6) is 0. The molecule has 3 aromatic heterocycles. The maximum absolute atomic E-state index is 2.39. The standard InChI is InChI=1S/C21H36N6P/c1-13-14(2)23(8)19(22(13)7)28(20-24(9)15(3)16(4)25(20)10)21-26(11)17(5)18(6)27(21)12/h1-12H3/q+3. The minimum atomic E-state index is -0.779. The first kappa shape index (κ1) is 20.8. The van der Waals surface area contributed by atoms with Crippen molar-refractivity contribution in [2.75, 3.05) is 0 Å². The lowest BCUT2D eigenvalue weighted by Gasteiger charge is -2.11. The highest BCUT2D eigenvalue weighted by Crippen LogP contribution is 2.31. The van der Waals surface area contributed by atoms with Crippen LogP contribution in [0.1, 0.15) is 34.2 Å². The van der Waals surface area contributed by atoms with Crippen LogP contribution in [0.25, 0.3) is 0 Å². The molecule has 28 heavy (non-hydrogen) atoms. The molecule has 0 aliphatic heterocycles. The van der Waals surface area contributed by atoms with E-state index in [1.807, 2.05) is 0 Å². The third kappa shape index (κ3) is 2.61. The fraction of sp³-hybridized carbons (Fsp3) is 0.571. The predicted octanol–water partition coefficient (Wildman–Crippen LogP) is -0.216. The molecule has 0 aliphatic carbocycles. The van der Waals surface area contributed by atoms with Gasteiger partial charge in [0, 0.05) is 41.5 Å². The number of hydrogen-bond acceptors (Lipinski definition) is 0. The summed E-state index contributed by atoms with van der Waals surface area (Å²) in [5.41, 5.74) is 12.0. The zero-order valence-corrected chi connectivity index (χ0v) is 20.5. The van der Waals surface area contributed by atoms with Gasteiger partial charge in [-0.05, 0) is 0 Å². The molecular weight excluding hydrogens is 367 g/mol. The maximum atomic E-state index is 2.39. The number of imidazole rings is 3. The molecule has 3 rings (SSSR count). The predicted molar refractivity (Wildman–Crippen MR) is 114 cm³/mol. The molecule has 0 atom stereocenters. The summed E-state index contributed by atoms with van der Waals surface area (Å²) in [6, 6.07) is 0. The van der Waals surface area contributed by atoms with Crippen LogP contribution < -0.4 is 30.4 Å². The molecule has 0 bridgehead atoms. The van der Waals surface area contributed by atoms with Gasteiger partial charge in [0.2, 0.25) is 0 Å². The lowest BCUT2D eigenvalue weighted by atomic mass is 10.4. The van der Waals surface area contributed by atoms with E-state index >= 15 is 0 Å². The van der Waals surface area contributed by atoms with Crippen LogP contribution in [0.4, 0.5) is 0 Å². The second-order valence-corrected chi connectivity index (χ2v) is 9.97. The Balaban J connectivity index is 2.51. The first-order chi connectivity index (χ1) is 12.9. The van der Waals surface area contributed by atoms with Gasteiger partial charge in [-0.3, -0.25) is 0 Å². The highest BCUT2D eigenvalue weighted by atomic mass is 31.1. The topological polar surface area (TPSA) is 26.4 Å². The second kappa shape index (κ2) is 6.84. The normalized spacial score (nSPS) is 11.9. The molecule has 152 valence electrons. The Bertz CT molecular complexity index is 881. The van der Waals surface area contributed by atoms with E-state index < -0.39 is 7.92 Å². The van der Waals surface area contributed by atoms with E-state index in [2.05, 4.69) is 111 Å². The van der Waals surface area contributed by atoms with Crippen molar-refractivity contribution in [3.63, 3.8) is 0 Å². The van der Waals surface area contributed by atoms with E-state index in [9.17, 15) is 0 Å². The average Bonchev–Trinajstić information content (AvgIpc) is 3.06. The Hall–Kier alpha value is -1.94. The van der Waals surface area contributed by atoms with E-state index in [-0.39, 0.29) is 0 Å². The molecule has 0 saturated carbocycles. The third-order valence-electron chi connectivity index (χ3n) is 6.99. The molecule has 0 fully saturated rings. The van der Waals surface area contributed by atoms with Gasteiger partial charge in [-0.2, -0.15) is 0 Å². The quantitative estimate of drug-likeness (QED) is 0.427. The van der Waals surface area contributed by atoms with E-state index in [4.69, 9.17) is 0 Å². The van der Waals surface area contributed by atoms with Crippen molar-refractivity contribution in [2.45, 2.75) is 41.5 Å². The number of nitrogens with zero attached hydrogens (tertiary/aromatic N) is 6. The van der Waals surface area contributed by atoms with Gasteiger partial charge in [0.05, 0.1) is 42.3 Å².